The highest BCUT2D eigenvalue weighted by Gasteiger charge is 2.76. The Morgan fingerprint density at radius 2 is 1.53 bits per heavy atom. The van der Waals surface area contributed by atoms with Crippen LogP contribution in [-0.4, -0.2) is 64.4 Å². The molecule has 4 heterocycles. The second kappa shape index (κ2) is 13.8. The fraction of sp³-hybridized carbons (Fsp3) is 0.297. The van der Waals surface area contributed by atoms with Crippen LogP contribution >= 0.6 is 39.1 Å². The third-order valence-electron chi connectivity index (χ3n) is 11.1. The van der Waals surface area contributed by atoms with Gasteiger partial charge in [0, 0.05) is 54.5 Å². The van der Waals surface area contributed by atoms with Gasteiger partial charge in [-0.1, -0.05) is 22.0 Å². The molecule has 14 nitrogen and oxygen atoms in total. The smallest absolute Gasteiger partial charge is 0.347 e. The van der Waals surface area contributed by atoms with E-state index in [0.717, 1.165) is 13.9 Å². The number of phenolic OH excluding ortho intramolecular Hbond substituents is 1. The molecule has 1 saturated heterocycles. The molecular weight excluding hydrogens is 902 g/mol. The van der Waals surface area contributed by atoms with Gasteiger partial charge in [-0.3, -0.25) is 14.4 Å². The maximum Gasteiger partial charge on any atom is 0.347 e. The number of hydrogen-bond donors (Lipinski definition) is 1. The van der Waals surface area contributed by atoms with Crippen LogP contribution in [0.5, 0.6) is 17.2 Å². The van der Waals surface area contributed by atoms with Crippen molar-refractivity contribution in [3.05, 3.63) is 118 Å². The van der Waals surface area contributed by atoms with Crippen LogP contribution in [0.15, 0.2) is 60.8 Å². The molecule has 1 N–H and O–H groups in total. The Balaban J connectivity index is 1.26. The van der Waals surface area contributed by atoms with Crippen molar-refractivity contribution in [3.63, 3.8) is 0 Å². The molecule has 3 aliphatic rings. The number of aromatic nitrogens is 5. The minimum absolute atomic E-state index is 0.0238. The van der Waals surface area contributed by atoms with E-state index in [2.05, 4.69) is 20.9 Å². The van der Waals surface area contributed by atoms with Crippen molar-refractivity contribution in [2.45, 2.75) is 47.6 Å². The Labute approximate surface area is 345 Å². The van der Waals surface area contributed by atoms with E-state index < -0.39 is 97.4 Å². The number of hydrogen-bond acceptors (Lipinski definition) is 9. The summed E-state index contributed by atoms with van der Waals surface area (Å²) in [6.07, 6.45) is 0.319. The number of aromatic hydroxyl groups is 1. The lowest BCUT2D eigenvalue weighted by Crippen LogP contribution is -2.59. The number of carbonyl (C=O) groups excluding carboxylic acids is 2. The summed E-state index contributed by atoms with van der Waals surface area (Å²) < 4.78 is 88.8. The van der Waals surface area contributed by atoms with Crippen LogP contribution in [0.2, 0.25) is 0 Å². The van der Waals surface area contributed by atoms with E-state index in [1.54, 1.807) is 12.1 Å². The number of methoxy groups -OCH3 is 2. The summed E-state index contributed by atoms with van der Waals surface area (Å²) in [5.74, 6) is -17.5. The zero-order chi connectivity index (χ0) is 42.8. The lowest BCUT2D eigenvalue weighted by molar-refractivity contribution is -0.122. The highest BCUT2D eigenvalue weighted by atomic mass is 79.9. The quantitative estimate of drug-likeness (QED) is 0.0611. The van der Waals surface area contributed by atoms with Gasteiger partial charge in [-0.2, -0.15) is 0 Å². The number of fused-ring (bicyclic) bond motifs is 5. The summed E-state index contributed by atoms with van der Waals surface area (Å²) in [7, 11) is 4.34. The van der Waals surface area contributed by atoms with Crippen molar-refractivity contribution in [2.24, 2.45) is 7.05 Å². The molecular formula is C37H26BrCl2F5N6O8. The molecule has 5 aromatic rings. The van der Waals surface area contributed by atoms with Crippen molar-refractivity contribution < 1.29 is 46.1 Å². The number of amides is 2. The SMILES string of the molecule is COc1cc2nc(CCn3c(=O)n4n(c3=O)[C@@H]3C[C@@]5(Cl)C(=O)N(c6c(F)c(F)c(F)c(F)c6F)C(=O)[C@@]5(Cl)[C@@H](c5cc(Br)ccc5O)C3=CC4)c(=O)n(C)c2cc1OC. The summed E-state index contributed by atoms with van der Waals surface area (Å²) in [5, 5.41) is 11.2. The van der Waals surface area contributed by atoms with Gasteiger partial charge < -0.3 is 19.1 Å². The van der Waals surface area contributed by atoms with Gasteiger partial charge in [0.1, 0.15) is 17.1 Å². The van der Waals surface area contributed by atoms with Crippen molar-refractivity contribution in [2.75, 3.05) is 19.1 Å². The fourth-order valence-electron chi connectivity index (χ4n) is 8.26. The summed E-state index contributed by atoms with van der Waals surface area (Å²) in [5.41, 5.74) is -3.77. The van der Waals surface area contributed by atoms with Gasteiger partial charge in [-0.05, 0) is 23.8 Å². The highest BCUT2D eigenvalue weighted by molar-refractivity contribution is 9.10. The summed E-state index contributed by atoms with van der Waals surface area (Å²) in [4.78, 5) is 68.9. The molecule has 2 aliphatic heterocycles. The predicted molar refractivity (Wildman–Crippen MR) is 203 cm³/mol. The van der Waals surface area contributed by atoms with Gasteiger partial charge in [-0.25, -0.2) is 55.4 Å². The minimum Gasteiger partial charge on any atom is -0.508 e. The van der Waals surface area contributed by atoms with Crippen LogP contribution in [-0.2, 0) is 36.1 Å². The molecule has 2 amide bonds. The van der Waals surface area contributed by atoms with Crippen LogP contribution in [0.3, 0.4) is 0 Å². The minimum atomic E-state index is -2.85. The molecule has 8 rings (SSSR count). The van der Waals surface area contributed by atoms with Gasteiger partial charge in [0.25, 0.3) is 17.4 Å². The van der Waals surface area contributed by atoms with Gasteiger partial charge >= 0.3 is 11.4 Å². The second-order valence-corrected chi connectivity index (χ2v) is 16.1. The Morgan fingerprint density at radius 3 is 2.17 bits per heavy atom. The van der Waals surface area contributed by atoms with Gasteiger partial charge in [0.2, 0.25) is 5.82 Å². The molecule has 22 heteroatoms. The molecule has 59 heavy (non-hydrogen) atoms. The van der Waals surface area contributed by atoms with Crippen molar-refractivity contribution in [1.82, 2.24) is 23.5 Å². The highest BCUT2D eigenvalue weighted by Crippen LogP contribution is 2.65. The van der Waals surface area contributed by atoms with Crippen LogP contribution in [0.4, 0.5) is 27.6 Å². The number of rotatable bonds is 7. The van der Waals surface area contributed by atoms with Gasteiger partial charge in [0.15, 0.2) is 44.5 Å². The van der Waals surface area contributed by atoms with Crippen LogP contribution in [0, 0.1) is 29.1 Å². The molecule has 0 spiro atoms. The number of nitrogens with zero attached hydrogens (tertiary/aromatic N) is 6. The summed E-state index contributed by atoms with van der Waals surface area (Å²) in [6.45, 7) is -0.748. The van der Waals surface area contributed by atoms with Crippen molar-refractivity contribution >= 4 is 67.7 Å². The zero-order valence-electron chi connectivity index (χ0n) is 30.5. The predicted octanol–water partition coefficient (Wildman–Crippen LogP) is 4.68. The van der Waals surface area contributed by atoms with E-state index >= 15 is 8.78 Å². The Kier molecular flexibility index (Phi) is 9.43. The third kappa shape index (κ3) is 5.40. The number of ether oxygens (including phenoxy) is 2. The van der Waals surface area contributed by atoms with Gasteiger partial charge in [0.05, 0.1) is 37.8 Å². The van der Waals surface area contributed by atoms with E-state index in [1.165, 1.54) is 50.1 Å². The number of aryl methyl sites for hydroxylation is 2. The number of carbonyl (C=O) groups is 2. The summed E-state index contributed by atoms with van der Waals surface area (Å²) in [6, 6.07) is 5.54. The zero-order valence-corrected chi connectivity index (χ0v) is 33.6. The molecule has 1 saturated carbocycles. The molecule has 0 bridgehead atoms. The Morgan fingerprint density at radius 1 is 0.898 bits per heavy atom. The van der Waals surface area contributed by atoms with E-state index in [4.69, 9.17) is 32.7 Å². The molecule has 2 aromatic heterocycles. The number of benzene rings is 3. The Hall–Kier alpha value is -5.47. The molecule has 4 atom stereocenters. The first-order chi connectivity index (χ1) is 27.8. The average Bonchev–Trinajstić information content (AvgIpc) is 3.54. The third-order valence-corrected chi connectivity index (χ3v) is 13.0. The lowest BCUT2D eigenvalue weighted by Gasteiger charge is -2.49. The maximum absolute atomic E-state index is 15.3. The van der Waals surface area contributed by atoms with E-state index in [-0.39, 0.29) is 41.2 Å². The number of allylic oxidation sites excluding steroid dienone is 2. The lowest BCUT2D eigenvalue weighted by atomic mass is 9.64. The number of halogens is 8. The first kappa shape index (κ1) is 40.3. The molecule has 0 unspecified atom stereocenters. The van der Waals surface area contributed by atoms with Crippen molar-refractivity contribution in [3.8, 4) is 17.2 Å². The van der Waals surface area contributed by atoms with E-state index in [1.807, 2.05) is 0 Å². The topological polar surface area (TPSA) is 160 Å². The maximum atomic E-state index is 15.3. The second-order valence-electron chi connectivity index (χ2n) is 13.9. The number of imide groups is 1. The van der Waals surface area contributed by atoms with Crippen LogP contribution < -0.4 is 31.3 Å². The molecule has 3 aromatic carbocycles. The summed E-state index contributed by atoms with van der Waals surface area (Å²) >= 11 is 17.5. The monoisotopic (exact) mass is 926 g/mol. The molecule has 308 valence electrons. The average molecular weight is 928 g/mol. The van der Waals surface area contributed by atoms with Gasteiger partial charge in [-0.15, -0.1) is 23.2 Å². The normalized spacial score (nSPS) is 22.4. The molecule has 1 aliphatic carbocycles. The number of alkyl halides is 2. The van der Waals surface area contributed by atoms with Crippen LogP contribution in [0.1, 0.15) is 29.6 Å². The first-order valence-corrected chi connectivity index (χ1v) is 18.9. The first-order valence-electron chi connectivity index (χ1n) is 17.3. The van der Waals surface area contributed by atoms with Crippen LogP contribution in [0.25, 0.3) is 11.0 Å². The number of phenols is 1. The number of anilines is 1. The largest absolute Gasteiger partial charge is 0.508 e. The molecule has 0 radical (unpaired) electrons. The standard InChI is InChI=1S/C37H26BrCl2F5N6O8/c1-47-19-12-23(59-3)22(58-2)11-18(19)46-17(31(47)53)7-8-48-34(56)49-9-6-15-20(51(49)35(48)57)13-36(39)32(54)50(30-28(44)26(42)25(41)27(43)29(30)45)33(55)37(36,40)24(15)16-10-14(38)4-5-21(16)52/h4-6,10-12,20,24,52H,7-9,13H2,1-3H3/t20-,24-,36-,37+/m1/s1. The fourth-order valence-corrected chi connectivity index (χ4v) is 9.55. The van der Waals surface area contributed by atoms with E-state index in [9.17, 15) is 42.3 Å². The van der Waals surface area contributed by atoms with E-state index in [0.29, 0.717) is 27.0 Å². The Bertz CT molecular complexity index is 2920. The van der Waals surface area contributed by atoms with Crippen molar-refractivity contribution in [1.29, 1.82) is 0 Å². The molecule has 2 fully saturated rings.